The van der Waals surface area contributed by atoms with Crippen LogP contribution in [0.5, 0.6) is 0 Å². The number of benzene rings is 2. The molecule has 0 unspecified atom stereocenters. The van der Waals surface area contributed by atoms with Gasteiger partial charge >= 0.3 is 5.97 Å². The minimum atomic E-state index is -0.121. The van der Waals surface area contributed by atoms with Crippen molar-refractivity contribution >= 4 is 34.5 Å². The molecule has 2 aromatic carbocycles. The number of carbonyl (C=O) groups excluding carboxylic acids is 2. The maximum atomic E-state index is 11.8. The number of esters is 1. The molecule has 6 heteroatoms. The van der Waals surface area contributed by atoms with Crippen molar-refractivity contribution in [3.63, 3.8) is 0 Å². The minimum absolute atomic E-state index is 0.121. The van der Waals surface area contributed by atoms with E-state index < -0.39 is 0 Å². The van der Waals surface area contributed by atoms with E-state index >= 15 is 0 Å². The molecule has 1 aliphatic rings. The summed E-state index contributed by atoms with van der Waals surface area (Å²) in [6.45, 7) is 5.16. The van der Waals surface area contributed by atoms with E-state index in [1.54, 1.807) is 14.0 Å². The second kappa shape index (κ2) is 25.2. The van der Waals surface area contributed by atoms with Crippen LogP contribution in [-0.4, -0.2) is 45.2 Å². The Balaban J connectivity index is 1.28. The van der Waals surface area contributed by atoms with Gasteiger partial charge in [-0.3, -0.25) is 4.79 Å². The fraction of sp³-hybridized carbons (Fsp3) is 0.667. The molecule has 1 aliphatic heterocycles. The average molecular weight is 663 g/mol. The number of fused-ring (bicyclic) bond motifs is 2. The Morgan fingerprint density at radius 3 is 1.23 bits per heavy atom. The second-order valence-electron chi connectivity index (χ2n) is 13.8. The first-order valence-electron chi connectivity index (χ1n) is 19.5. The van der Waals surface area contributed by atoms with Crippen LogP contribution in [0.3, 0.4) is 0 Å². The number of Topliss-reactive ketones (excluding diaryl/α,β-unsaturated/α-hetero) is 1. The molecular formula is C42H66N2O4. The first-order valence-corrected chi connectivity index (χ1v) is 19.5. The van der Waals surface area contributed by atoms with Gasteiger partial charge < -0.3 is 24.1 Å². The summed E-state index contributed by atoms with van der Waals surface area (Å²) in [6, 6.07) is 18.0. The van der Waals surface area contributed by atoms with Crippen LogP contribution in [0.1, 0.15) is 148 Å². The molecule has 0 saturated heterocycles. The number of carbonyl (C=O) groups is 2. The summed E-state index contributed by atoms with van der Waals surface area (Å²) in [7, 11) is 1.79. The van der Waals surface area contributed by atoms with Crippen molar-refractivity contribution < 1.29 is 19.1 Å². The fourth-order valence-electron chi connectivity index (χ4n) is 6.85. The molecule has 0 bridgehead atoms. The molecule has 48 heavy (non-hydrogen) atoms. The molecule has 3 rings (SSSR count). The number of methoxy groups -OCH3 is 1. The van der Waals surface area contributed by atoms with E-state index in [1.165, 1.54) is 125 Å². The van der Waals surface area contributed by atoms with Crippen molar-refractivity contribution in [2.75, 3.05) is 43.2 Å². The van der Waals surface area contributed by atoms with Gasteiger partial charge in [-0.15, -0.1) is 0 Å². The first kappa shape index (κ1) is 39.6. The molecule has 0 atom stereocenters. The minimum Gasteiger partial charge on any atom is -0.466 e. The zero-order valence-corrected chi connectivity index (χ0v) is 30.5. The lowest BCUT2D eigenvalue weighted by atomic mass is 10.0. The van der Waals surface area contributed by atoms with Crippen LogP contribution < -0.4 is 9.80 Å². The monoisotopic (exact) mass is 663 g/mol. The summed E-state index contributed by atoms with van der Waals surface area (Å²) in [4.78, 5) is 27.9. The lowest BCUT2D eigenvalue weighted by Crippen LogP contribution is -2.30. The summed E-state index contributed by atoms with van der Waals surface area (Å²) in [6.07, 6.45) is 25.2. The van der Waals surface area contributed by atoms with Gasteiger partial charge in [-0.05, 0) is 69.7 Å². The smallest absolute Gasteiger partial charge is 0.305 e. The number of rotatable bonds is 29. The van der Waals surface area contributed by atoms with Crippen molar-refractivity contribution in [3.8, 4) is 0 Å². The van der Waals surface area contributed by atoms with E-state index in [4.69, 9.17) is 9.47 Å². The number of nitrogens with zero attached hydrogens (tertiary/aromatic N) is 2. The van der Waals surface area contributed by atoms with E-state index in [2.05, 4.69) is 58.3 Å². The number of hydrogen-bond acceptors (Lipinski definition) is 6. The van der Waals surface area contributed by atoms with Crippen molar-refractivity contribution in [1.82, 2.24) is 0 Å². The quantitative estimate of drug-likeness (QED) is 0.0638. The summed E-state index contributed by atoms with van der Waals surface area (Å²) in [5.41, 5.74) is 5.41. The summed E-state index contributed by atoms with van der Waals surface area (Å²) >= 11 is 0. The lowest BCUT2D eigenvalue weighted by Gasteiger charge is -2.40. The van der Waals surface area contributed by atoms with Gasteiger partial charge in [0.05, 0.1) is 29.4 Å². The summed E-state index contributed by atoms with van der Waals surface area (Å²) < 4.78 is 10.5. The molecule has 0 amide bonds. The maximum absolute atomic E-state index is 11.8. The summed E-state index contributed by atoms with van der Waals surface area (Å²) in [5.74, 6) is 0.0667. The Bertz CT molecular complexity index is 1100. The predicted molar refractivity (Wildman–Crippen MR) is 202 cm³/mol. The molecule has 0 saturated carbocycles. The van der Waals surface area contributed by atoms with Gasteiger partial charge in [0, 0.05) is 39.6 Å². The number of ketones is 1. The van der Waals surface area contributed by atoms with E-state index in [0.717, 1.165) is 45.4 Å². The molecule has 2 aromatic rings. The van der Waals surface area contributed by atoms with Crippen molar-refractivity contribution in [2.24, 2.45) is 0 Å². The van der Waals surface area contributed by atoms with Crippen LogP contribution in [-0.2, 0) is 19.1 Å². The van der Waals surface area contributed by atoms with Gasteiger partial charge in [0.1, 0.15) is 5.78 Å². The zero-order chi connectivity index (χ0) is 34.1. The highest BCUT2D eigenvalue weighted by atomic mass is 16.5. The van der Waals surface area contributed by atoms with Crippen molar-refractivity contribution in [2.45, 2.75) is 148 Å². The van der Waals surface area contributed by atoms with Gasteiger partial charge in [0.2, 0.25) is 0 Å². The molecule has 0 aliphatic carbocycles. The number of anilines is 4. The highest BCUT2D eigenvalue weighted by molar-refractivity contribution is 5.93. The third kappa shape index (κ3) is 15.6. The van der Waals surface area contributed by atoms with Crippen LogP contribution >= 0.6 is 0 Å². The highest BCUT2D eigenvalue weighted by Crippen LogP contribution is 2.47. The number of ether oxygens (including phenoxy) is 2. The van der Waals surface area contributed by atoms with E-state index in [9.17, 15) is 9.59 Å². The Labute approximate surface area is 293 Å². The molecule has 0 spiro atoms. The number of hydrogen-bond donors (Lipinski definition) is 0. The topological polar surface area (TPSA) is 59.1 Å². The van der Waals surface area contributed by atoms with Gasteiger partial charge in [0.25, 0.3) is 0 Å². The van der Waals surface area contributed by atoms with Crippen molar-refractivity contribution in [1.29, 1.82) is 0 Å². The third-order valence-corrected chi connectivity index (χ3v) is 9.61. The standard InChI is InChI=1S/C42H66N2O4/c1-37(45)27-17-22-32-42(46)48-36-26-16-12-8-4-6-10-14-24-34-44-40-30-20-18-28-38(40)43(39-29-19-21-31-41(39)44)33-23-13-9-5-3-7-11-15-25-35-47-2/h18-21,28-31H,3-17,22-27,32-36H2,1-2H3. The second-order valence-corrected chi connectivity index (χ2v) is 13.8. The Morgan fingerprint density at radius 2 is 0.833 bits per heavy atom. The number of unbranched alkanes of at least 4 members (excludes halogenated alkanes) is 17. The van der Waals surface area contributed by atoms with Gasteiger partial charge in [-0.1, -0.05) is 114 Å². The molecule has 0 N–H and O–H groups in total. The Hall–Kier alpha value is -2.86. The maximum Gasteiger partial charge on any atom is 0.305 e. The SMILES string of the molecule is COCCCCCCCCCCCN1c2ccccc2N(CCCCCCCCCCCOC(=O)CCCCC(C)=O)c2ccccc21. The molecular weight excluding hydrogens is 596 g/mol. The third-order valence-electron chi connectivity index (χ3n) is 9.61. The van der Waals surface area contributed by atoms with Crippen LogP contribution in [0.15, 0.2) is 48.5 Å². The van der Waals surface area contributed by atoms with E-state index in [-0.39, 0.29) is 11.8 Å². The predicted octanol–water partition coefficient (Wildman–Crippen LogP) is 11.6. The van der Waals surface area contributed by atoms with E-state index in [1.807, 2.05) is 0 Å². The van der Waals surface area contributed by atoms with Crippen LogP contribution in [0.2, 0.25) is 0 Å². The van der Waals surface area contributed by atoms with E-state index in [0.29, 0.717) is 19.4 Å². The molecule has 1 heterocycles. The molecule has 6 nitrogen and oxygen atoms in total. The van der Waals surface area contributed by atoms with Gasteiger partial charge in [0.15, 0.2) is 0 Å². The molecule has 0 aromatic heterocycles. The Kier molecular flexibility index (Phi) is 20.7. The highest BCUT2D eigenvalue weighted by Gasteiger charge is 2.27. The fourth-order valence-corrected chi connectivity index (χ4v) is 6.85. The van der Waals surface area contributed by atoms with Crippen molar-refractivity contribution in [3.05, 3.63) is 48.5 Å². The first-order chi connectivity index (χ1) is 23.6. The van der Waals surface area contributed by atoms with Gasteiger partial charge in [-0.2, -0.15) is 0 Å². The summed E-state index contributed by atoms with van der Waals surface area (Å²) in [5, 5.41) is 0. The largest absolute Gasteiger partial charge is 0.466 e. The molecule has 268 valence electrons. The lowest BCUT2D eigenvalue weighted by molar-refractivity contribution is -0.144. The van der Waals surface area contributed by atoms with Crippen LogP contribution in [0.25, 0.3) is 0 Å². The zero-order valence-electron chi connectivity index (χ0n) is 30.5. The Morgan fingerprint density at radius 1 is 0.479 bits per heavy atom. The number of para-hydroxylation sites is 4. The molecule has 0 radical (unpaired) electrons. The van der Waals surface area contributed by atoms with Crippen LogP contribution in [0.4, 0.5) is 22.7 Å². The normalized spacial score (nSPS) is 12.2. The average Bonchev–Trinajstić information content (AvgIpc) is 3.09. The molecule has 0 fully saturated rings. The van der Waals surface area contributed by atoms with Gasteiger partial charge in [-0.25, -0.2) is 0 Å². The van der Waals surface area contributed by atoms with Crippen LogP contribution in [0, 0.1) is 0 Å².